The summed E-state index contributed by atoms with van der Waals surface area (Å²) < 4.78 is 61.7. The fourth-order valence-corrected chi connectivity index (χ4v) is 4.66. The molecule has 0 atom stereocenters. The van der Waals surface area contributed by atoms with Crippen molar-refractivity contribution >= 4 is 27.5 Å². The van der Waals surface area contributed by atoms with Gasteiger partial charge in [0, 0.05) is 44.6 Å². The van der Waals surface area contributed by atoms with Crippen molar-refractivity contribution < 1.29 is 26.4 Å². The summed E-state index contributed by atoms with van der Waals surface area (Å²) in [6, 6.07) is 8.99. The van der Waals surface area contributed by atoms with Crippen LogP contribution in [0.3, 0.4) is 0 Å². The lowest BCUT2D eigenvalue weighted by Gasteiger charge is -2.11. The summed E-state index contributed by atoms with van der Waals surface area (Å²) in [6.45, 7) is 0.759. The van der Waals surface area contributed by atoms with Crippen LogP contribution in [0.25, 0.3) is 11.3 Å². The zero-order valence-corrected chi connectivity index (χ0v) is 19.1. The molecule has 2 heterocycles. The Hall–Kier alpha value is -3.60. The van der Waals surface area contributed by atoms with E-state index < -0.39 is 21.7 Å². The monoisotopic (exact) mass is 488 g/mol. The van der Waals surface area contributed by atoms with E-state index in [-0.39, 0.29) is 40.9 Å². The van der Waals surface area contributed by atoms with Crippen molar-refractivity contribution in [1.82, 2.24) is 9.88 Å². The van der Waals surface area contributed by atoms with Crippen LogP contribution in [0.2, 0.25) is 0 Å². The molecule has 1 amide bonds. The van der Waals surface area contributed by atoms with Crippen LogP contribution in [-0.2, 0) is 21.2 Å². The number of benzene rings is 2. The van der Waals surface area contributed by atoms with Gasteiger partial charge in [0.05, 0.1) is 16.7 Å². The maximum Gasteiger partial charge on any atom is 0.284 e. The van der Waals surface area contributed by atoms with Gasteiger partial charge in [-0.2, -0.15) is 8.42 Å². The SMILES string of the molecule is CN1CCC/C1=N\S(=O)(=O)c1cccc(NC(=O)CCc2ncc(-c3ccc(F)cc3F)o2)c1. The second-order valence-corrected chi connectivity index (χ2v) is 9.43. The molecule has 0 aliphatic carbocycles. The Morgan fingerprint density at radius 3 is 2.79 bits per heavy atom. The van der Waals surface area contributed by atoms with Crippen LogP contribution in [0.4, 0.5) is 14.5 Å². The first-order valence-corrected chi connectivity index (χ1v) is 12.0. The number of rotatable bonds is 7. The van der Waals surface area contributed by atoms with E-state index in [0.29, 0.717) is 17.9 Å². The molecular formula is C23H22F2N4O4S. The van der Waals surface area contributed by atoms with Gasteiger partial charge in [0.2, 0.25) is 5.91 Å². The maximum atomic E-state index is 13.9. The van der Waals surface area contributed by atoms with Crippen LogP contribution < -0.4 is 5.32 Å². The van der Waals surface area contributed by atoms with Gasteiger partial charge in [-0.15, -0.1) is 4.40 Å². The van der Waals surface area contributed by atoms with Gasteiger partial charge in [0.15, 0.2) is 11.7 Å². The standard InChI is InChI=1S/C23H22F2N4O4S/c1-29-11-3-6-21(29)28-34(31,32)17-5-2-4-16(13-17)27-22(30)9-10-23-26-14-20(33-23)18-8-7-15(24)12-19(18)25/h2,4-5,7-8,12-14H,3,6,9-11H2,1H3,(H,27,30)/b28-21+. The molecule has 11 heteroatoms. The van der Waals surface area contributed by atoms with E-state index in [0.717, 1.165) is 25.1 Å². The zero-order valence-electron chi connectivity index (χ0n) is 18.3. The van der Waals surface area contributed by atoms with Crippen molar-refractivity contribution in [2.45, 2.75) is 30.6 Å². The van der Waals surface area contributed by atoms with Gasteiger partial charge in [0.1, 0.15) is 17.5 Å². The Morgan fingerprint density at radius 1 is 1.24 bits per heavy atom. The molecule has 1 aromatic heterocycles. The highest BCUT2D eigenvalue weighted by Crippen LogP contribution is 2.25. The number of likely N-dealkylation sites (tertiary alicyclic amines) is 1. The largest absolute Gasteiger partial charge is 0.441 e. The molecule has 0 bridgehead atoms. The number of amides is 1. The highest BCUT2D eigenvalue weighted by Gasteiger charge is 2.21. The van der Waals surface area contributed by atoms with E-state index in [1.165, 1.54) is 30.5 Å². The number of nitrogens with one attached hydrogen (secondary N) is 1. The number of oxazole rings is 1. The Kier molecular flexibility index (Phi) is 6.73. The van der Waals surface area contributed by atoms with E-state index in [1.807, 2.05) is 4.90 Å². The van der Waals surface area contributed by atoms with Crippen LogP contribution in [0.1, 0.15) is 25.2 Å². The van der Waals surface area contributed by atoms with E-state index in [4.69, 9.17) is 4.42 Å². The lowest BCUT2D eigenvalue weighted by molar-refractivity contribution is -0.116. The third-order valence-electron chi connectivity index (χ3n) is 5.29. The van der Waals surface area contributed by atoms with Crippen molar-refractivity contribution in [3.63, 3.8) is 0 Å². The summed E-state index contributed by atoms with van der Waals surface area (Å²) in [6.07, 6.45) is 2.89. The summed E-state index contributed by atoms with van der Waals surface area (Å²) in [7, 11) is -2.11. The second kappa shape index (κ2) is 9.72. The first-order chi connectivity index (χ1) is 16.2. The quantitative estimate of drug-likeness (QED) is 0.539. The number of hydrogen-bond donors (Lipinski definition) is 1. The van der Waals surface area contributed by atoms with Gasteiger partial charge in [-0.25, -0.2) is 13.8 Å². The van der Waals surface area contributed by atoms with Crippen LogP contribution in [-0.4, -0.2) is 43.6 Å². The number of hydrogen-bond acceptors (Lipinski definition) is 5. The molecule has 8 nitrogen and oxygen atoms in total. The number of carbonyl (C=O) groups is 1. The van der Waals surface area contributed by atoms with Crippen molar-refractivity contribution in [1.29, 1.82) is 0 Å². The van der Waals surface area contributed by atoms with Crippen molar-refractivity contribution in [3.05, 3.63) is 66.2 Å². The average Bonchev–Trinajstić information content (AvgIpc) is 3.41. The van der Waals surface area contributed by atoms with Gasteiger partial charge in [0.25, 0.3) is 10.0 Å². The van der Waals surface area contributed by atoms with Crippen molar-refractivity contribution in [2.24, 2.45) is 4.40 Å². The fourth-order valence-electron chi connectivity index (χ4n) is 3.52. The molecular weight excluding hydrogens is 466 g/mol. The predicted molar refractivity (Wildman–Crippen MR) is 122 cm³/mol. The molecule has 0 radical (unpaired) electrons. The highest BCUT2D eigenvalue weighted by atomic mass is 32.2. The van der Waals surface area contributed by atoms with Gasteiger partial charge in [-0.3, -0.25) is 4.79 Å². The third-order valence-corrected chi connectivity index (χ3v) is 6.59. The maximum absolute atomic E-state index is 13.9. The number of nitrogens with zero attached hydrogens (tertiary/aromatic N) is 3. The molecule has 3 aromatic rings. The summed E-state index contributed by atoms with van der Waals surface area (Å²) in [4.78, 5) is 18.2. The Morgan fingerprint density at radius 2 is 2.06 bits per heavy atom. The molecule has 0 spiro atoms. The molecule has 1 saturated heterocycles. The zero-order chi connectivity index (χ0) is 24.3. The van der Waals surface area contributed by atoms with Gasteiger partial charge in [-0.05, 0) is 36.8 Å². The lowest BCUT2D eigenvalue weighted by Crippen LogP contribution is -2.20. The molecule has 4 rings (SSSR count). The highest BCUT2D eigenvalue weighted by molar-refractivity contribution is 7.90. The minimum absolute atomic E-state index is 0.00404. The molecule has 1 aliphatic heterocycles. The normalized spacial score (nSPS) is 15.1. The summed E-state index contributed by atoms with van der Waals surface area (Å²) in [5.74, 6) is -1.01. The number of amidine groups is 1. The van der Waals surface area contributed by atoms with Gasteiger partial charge in [-0.1, -0.05) is 6.07 Å². The molecule has 1 fully saturated rings. The van der Waals surface area contributed by atoms with Crippen molar-refractivity contribution in [3.8, 4) is 11.3 Å². The van der Waals surface area contributed by atoms with E-state index in [2.05, 4.69) is 14.7 Å². The first-order valence-electron chi connectivity index (χ1n) is 10.6. The molecule has 2 aromatic carbocycles. The fraction of sp³-hybridized carbons (Fsp3) is 0.261. The van der Waals surface area contributed by atoms with Crippen LogP contribution in [0, 0.1) is 11.6 Å². The molecule has 178 valence electrons. The minimum Gasteiger partial charge on any atom is -0.441 e. The summed E-state index contributed by atoms with van der Waals surface area (Å²) in [5.41, 5.74) is 0.377. The lowest BCUT2D eigenvalue weighted by atomic mass is 10.2. The van der Waals surface area contributed by atoms with E-state index >= 15 is 0 Å². The van der Waals surface area contributed by atoms with Gasteiger partial charge >= 0.3 is 0 Å². The number of halogens is 2. The van der Waals surface area contributed by atoms with Crippen LogP contribution in [0.15, 0.2) is 62.4 Å². The number of sulfonamides is 1. The Bertz CT molecular complexity index is 1350. The Labute approximate surface area is 195 Å². The molecule has 34 heavy (non-hydrogen) atoms. The smallest absolute Gasteiger partial charge is 0.284 e. The summed E-state index contributed by atoms with van der Waals surface area (Å²) >= 11 is 0. The number of carbonyl (C=O) groups excluding carboxylic acids is 1. The minimum atomic E-state index is -3.90. The van der Waals surface area contributed by atoms with Crippen LogP contribution >= 0.6 is 0 Å². The Balaban J connectivity index is 1.38. The molecule has 0 unspecified atom stereocenters. The number of anilines is 1. The molecule has 1 aliphatic rings. The predicted octanol–water partition coefficient (Wildman–Crippen LogP) is 4.00. The summed E-state index contributed by atoms with van der Waals surface area (Å²) in [5, 5.41) is 2.65. The van der Waals surface area contributed by atoms with E-state index in [9.17, 15) is 22.0 Å². The van der Waals surface area contributed by atoms with Gasteiger partial charge < -0.3 is 14.6 Å². The molecule has 0 saturated carbocycles. The number of aromatic nitrogens is 1. The third kappa shape index (κ3) is 5.48. The first kappa shape index (κ1) is 23.6. The second-order valence-electron chi connectivity index (χ2n) is 7.83. The van der Waals surface area contributed by atoms with Crippen LogP contribution in [0.5, 0.6) is 0 Å². The van der Waals surface area contributed by atoms with Crippen molar-refractivity contribution in [2.75, 3.05) is 18.9 Å². The number of aryl methyl sites for hydroxylation is 1. The van der Waals surface area contributed by atoms with E-state index in [1.54, 1.807) is 13.1 Å². The molecule has 1 N–H and O–H groups in total. The average molecular weight is 489 g/mol. The topological polar surface area (TPSA) is 105 Å².